The van der Waals surface area contributed by atoms with Gasteiger partial charge in [-0.25, -0.2) is 4.79 Å². The van der Waals surface area contributed by atoms with Gasteiger partial charge in [0.25, 0.3) is 5.91 Å². The Labute approximate surface area is 197 Å². The molecule has 1 aromatic carbocycles. The van der Waals surface area contributed by atoms with Crippen molar-refractivity contribution < 1.29 is 14.3 Å². The van der Waals surface area contributed by atoms with E-state index in [-0.39, 0.29) is 30.1 Å². The highest BCUT2D eigenvalue weighted by molar-refractivity contribution is 7.18. The van der Waals surface area contributed by atoms with Gasteiger partial charge in [-0.2, -0.15) is 0 Å². The molecule has 2 amide bonds. The third-order valence-electron chi connectivity index (χ3n) is 6.89. The van der Waals surface area contributed by atoms with Crippen molar-refractivity contribution in [2.45, 2.75) is 56.1 Å². The van der Waals surface area contributed by atoms with Crippen molar-refractivity contribution in [1.29, 1.82) is 0 Å². The summed E-state index contributed by atoms with van der Waals surface area (Å²) in [5, 5.41) is 6.60. The predicted molar refractivity (Wildman–Crippen MR) is 127 cm³/mol. The molecule has 0 spiro atoms. The van der Waals surface area contributed by atoms with Gasteiger partial charge in [-0.15, -0.1) is 11.3 Å². The third-order valence-corrected chi connectivity index (χ3v) is 8.12. The maximum absolute atomic E-state index is 12.4. The minimum atomic E-state index is -0.382. The van der Waals surface area contributed by atoms with E-state index in [1.807, 2.05) is 12.1 Å². The zero-order chi connectivity index (χ0) is 22.1. The molecule has 5 rings (SSSR count). The first-order chi connectivity index (χ1) is 15.5. The Morgan fingerprint density at radius 2 is 1.91 bits per heavy atom. The van der Waals surface area contributed by atoms with E-state index in [2.05, 4.69) is 22.8 Å². The largest absolute Gasteiger partial charge is 0.442 e. The van der Waals surface area contributed by atoms with Crippen LogP contribution in [-0.4, -0.2) is 43.8 Å². The molecule has 1 unspecified atom stereocenters. The fraction of sp³-hybridized carbons (Fsp3) is 0.500. The molecule has 2 N–H and O–H groups in total. The zero-order valence-corrected chi connectivity index (χ0v) is 19.5. The first-order valence-electron chi connectivity index (χ1n) is 11.4. The van der Waals surface area contributed by atoms with Crippen molar-refractivity contribution >= 4 is 40.6 Å². The van der Waals surface area contributed by atoms with Crippen LogP contribution in [0.1, 0.15) is 53.8 Å². The van der Waals surface area contributed by atoms with E-state index in [9.17, 15) is 9.59 Å². The second-order valence-electron chi connectivity index (χ2n) is 9.12. The molecule has 1 aromatic heterocycles. The fourth-order valence-electron chi connectivity index (χ4n) is 4.75. The van der Waals surface area contributed by atoms with Gasteiger partial charge in [0.15, 0.2) is 0 Å². The van der Waals surface area contributed by atoms with Crippen molar-refractivity contribution in [3.8, 4) is 0 Å². The van der Waals surface area contributed by atoms with Gasteiger partial charge < -0.3 is 15.4 Å². The Balaban J connectivity index is 1.15. The number of amides is 2. The number of hydrogen-bond donors (Lipinski definition) is 2. The van der Waals surface area contributed by atoms with Gasteiger partial charge in [-0.3, -0.25) is 9.69 Å². The van der Waals surface area contributed by atoms with E-state index in [1.165, 1.54) is 55.4 Å². The average molecular weight is 474 g/mol. The van der Waals surface area contributed by atoms with Gasteiger partial charge in [-0.05, 0) is 55.5 Å². The molecule has 1 saturated heterocycles. The van der Waals surface area contributed by atoms with Crippen molar-refractivity contribution in [1.82, 2.24) is 10.6 Å². The van der Waals surface area contributed by atoms with E-state index in [0.717, 1.165) is 12.2 Å². The van der Waals surface area contributed by atoms with Crippen molar-refractivity contribution in [3.05, 3.63) is 51.2 Å². The first kappa shape index (κ1) is 21.7. The van der Waals surface area contributed by atoms with Gasteiger partial charge >= 0.3 is 6.09 Å². The molecule has 2 heterocycles. The molecule has 0 radical (unpaired) electrons. The smallest absolute Gasteiger partial charge is 0.414 e. The molecule has 1 aliphatic heterocycles. The number of benzene rings is 1. The van der Waals surface area contributed by atoms with Gasteiger partial charge in [0.1, 0.15) is 6.10 Å². The summed E-state index contributed by atoms with van der Waals surface area (Å²) in [7, 11) is 0. The Morgan fingerprint density at radius 3 is 2.56 bits per heavy atom. The summed E-state index contributed by atoms with van der Waals surface area (Å²) in [6.45, 7) is 1.72. The number of ether oxygens (including phenoxy) is 1. The van der Waals surface area contributed by atoms with Crippen molar-refractivity contribution in [2.75, 3.05) is 24.5 Å². The predicted octanol–water partition coefficient (Wildman–Crippen LogP) is 4.72. The minimum absolute atomic E-state index is 0.207. The number of anilines is 1. The van der Waals surface area contributed by atoms with E-state index in [0.29, 0.717) is 21.8 Å². The van der Waals surface area contributed by atoms with Crippen molar-refractivity contribution in [3.63, 3.8) is 0 Å². The summed E-state index contributed by atoms with van der Waals surface area (Å²) in [6.07, 6.45) is 6.97. The first-order valence-corrected chi connectivity index (χ1v) is 12.6. The summed E-state index contributed by atoms with van der Waals surface area (Å²) in [5.74, 6) is -0.207. The molecule has 2 aliphatic carbocycles. The Bertz CT molecular complexity index is 983. The summed E-state index contributed by atoms with van der Waals surface area (Å²) >= 11 is 7.11. The van der Waals surface area contributed by atoms with Crippen molar-refractivity contribution in [2.24, 2.45) is 0 Å². The maximum atomic E-state index is 12.4. The number of carbonyl (C=O) groups is 2. The standard InChI is InChI=1S/C24H28ClN3O3S/c25-21-10-9-20(32-21)22(29)26-13-19-14-28(23(30)31-19)18-7-5-16(6-8-18)24(11-12-24)15-27-17-3-1-2-4-17/h5-10,17,19,27H,1-4,11-15H2,(H,26,29). The number of nitrogens with zero attached hydrogens (tertiary/aromatic N) is 1. The number of halogens is 1. The van der Waals surface area contributed by atoms with E-state index in [1.54, 1.807) is 17.0 Å². The summed E-state index contributed by atoms with van der Waals surface area (Å²) < 4.78 is 6.03. The lowest BCUT2D eigenvalue weighted by atomic mass is 9.95. The second kappa shape index (κ2) is 9.04. The molecule has 0 bridgehead atoms. The van der Waals surface area contributed by atoms with Gasteiger partial charge in [0.2, 0.25) is 0 Å². The Morgan fingerprint density at radius 1 is 1.16 bits per heavy atom. The number of hydrogen-bond acceptors (Lipinski definition) is 5. The molecule has 3 aliphatic rings. The molecule has 3 fully saturated rings. The summed E-state index contributed by atoms with van der Waals surface area (Å²) in [5.41, 5.74) is 2.43. The molecule has 1 atom stereocenters. The zero-order valence-electron chi connectivity index (χ0n) is 17.9. The molecule has 8 heteroatoms. The van der Waals surface area contributed by atoms with Gasteiger partial charge in [0, 0.05) is 23.7 Å². The number of nitrogens with one attached hydrogen (secondary N) is 2. The normalized spacial score (nSPS) is 22.2. The maximum Gasteiger partial charge on any atom is 0.414 e. The molecular weight excluding hydrogens is 446 g/mol. The van der Waals surface area contributed by atoms with Crippen LogP contribution >= 0.6 is 22.9 Å². The van der Waals surface area contributed by atoms with Crippen LogP contribution in [0.25, 0.3) is 0 Å². The number of thiophene rings is 1. The van der Waals surface area contributed by atoms with Crippen LogP contribution in [0.3, 0.4) is 0 Å². The Hall–Kier alpha value is -2.09. The highest BCUT2D eigenvalue weighted by Crippen LogP contribution is 2.48. The summed E-state index contributed by atoms with van der Waals surface area (Å²) in [4.78, 5) is 26.8. The molecular formula is C24H28ClN3O3S. The van der Waals surface area contributed by atoms with Gasteiger partial charge in [-0.1, -0.05) is 36.6 Å². The molecule has 32 heavy (non-hydrogen) atoms. The third kappa shape index (κ3) is 4.65. The van der Waals surface area contributed by atoms with Crippen LogP contribution in [-0.2, 0) is 10.2 Å². The van der Waals surface area contributed by atoms with Crippen LogP contribution in [0.15, 0.2) is 36.4 Å². The topological polar surface area (TPSA) is 70.7 Å². The van der Waals surface area contributed by atoms with Crippen LogP contribution in [0.4, 0.5) is 10.5 Å². The lowest BCUT2D eigenvalue weighted by Crippen LogP contribution is -2.34. The SMILES string of the molecule is O=C(NCC1CN(c2ccc(C3(CNC4CCCC4)CC3)cc2)C(=O)O1)c1ccc(Cl)s1. The van der Waals surface area contributed by atoms with E-state index in [4.69, 9.17) is 16.3 Å². The highest BCUT2D eigenvalue weighted by Gasteiger charge is 2.44. The monoisotopic (exact) mass is 473 g/mol. The molecule has 2 aromatic rings. The second-order valence-corrected chi connectivity index (χ2v) is 10.8. The van der Waals surface area contributed by atoms with E-state index >= 15 is 0 Å². The van der Waals surface area contributed by atoms with E-state index < -0.39 is 0 Å². The number of rotatable bonds is 8. The summed E-state index contributed by atoms with van der Waals surface area (Å²) in [6, 6.07) is 12.4. The van der Waals surface area contributed by atoms with Crippen LogP contribution in [0, 0.1) is 0 Å². The molecule has 170 valence electrons. The highest BCUT2D eigenvalue weighted by atomic mass is 35.5. The Kier molecular flexibility index (Phi) is 6.14. The number of cyclic esters (lactones) is 1. The van der Waals surface area contributed by atoms with Crippen LogP contribution in [0.5, 0.6) is 0 Å². The average Bonchev–Trinajstić information content (AvgIpc) is 3.14. The quantitative estimate of drug-likeness (QED) is 0.582. The number of carbonyl (C=O) groups excluding carboxylic acids is 2. The van der Waals surface area contributed by atoms with Gasteiger partial charge in [0.05, 0.1) is 22.3 Å². The fourth-order valence-corrected chi connectivity index (χ4v) is 5.71. The van der Waals surface area contributed by atoms with Crippen LogP contribution < -0.4 is 15.5 Å². The van der Waals surface area contributed by atoms with Crippen LogP contribution in [0.2, 0.25) is 4.34 Å². The lowest BCUT2D eigenvalue weighted by Gasteiger charge is -2.21. The minimum Gasteiger partial charge on any atom is -0.442 e. The molecule has 6 nitrogen and oxygen atoms in total. The lowest BCUT2D eigenvalue weighted by molar-refractivity contribution is 0.0920. The molecule has 2 saturated carbocycles.